The summed E-state index contributed by atoms with van der Waals surface area (Å²) < 4.78 is 1.41. The van der Waals surface area contributed by atoms with Crippen LogP contribution in [0.3, 0.4) is 0 Å². The summed E-state index contributed by atoms with van der Waals surface area (Å²) in [5.74, 6) is -1.22. The standard InChI is InChI=1S/C11H12N4O3/c1-7(16)14-4-2-9-8(6-14)10(11(17)18)13-15(9)5-3-12/h2,4-6H2,1H3,(H,17,18). The first kappa shape index (κ1) is 12.1. The van der Waals surface area contributed by atoms with Gasteiger partial charge in [-0.1, -0.05) is 0 Å². The number of nitrogens with zero attached hydrogens (tertiary/aromatic N) is 4. The molecule has 0 spiro atoms. The van der Waals surface area contributed by atoms with Crippen LogP contribution in [0.15, 0.2) is 0 Å². The molecule has 0 unspecified atom stereocenters. The second kappa shape index (κ2) is 4.49. The molecule has 0 aliphatic carbocycles. The SMILES string of the molecule is CC(=O)N1CCc2c(c(C(=O)O)nn2CC#N)C1. The summed E-state index contributed by atoms with van der Waals surface area (Å²) >= 11 is 0. The van der Waals surface area contributed by atoms with Crippen LogP contribution >= 0.6 is 0 Å². The average molecular weight is 248 g/mol. The predicted octanol–water partition coefficient (Wildman–Crippen LogP) is 0.00948. The molecule has 1 aromatic heterocycles. The Morgan fingerprint density at radius 2 is 2.28 bits per heavy atom. The Balaban J connectivity index is 2.45. The highest BCUT2D eigenvalue weighted by atomic mass is 16.4. The van der Waals surface area contributed by atoms with Gasteiger partial charge in [0.2, 0.25) is 5.91 Å². The number of aromatic nitrogens is 2. The van der Waals surface area contributed by atoms with Gasteiger partial charge in [0.05, 0.1) is 6.07 Å². The first-order valence-electron chi connectivity index (χ1n) is 5.49. The quantitative estimate of drug-likeness (QED) is 0.794. The van der Waals surface area contributed by atoms with Gasteiger partial charge in [0, 0.05) is 37.7 Å². The molecule has 1 aliphatic rings. The zero-order chi connectivity index (χ0) is 13.3. The van der Waals surface area contributed by atoms with Crippen LogP contribution < -0.4 is 0 Å². The maximum Gasteiger partial charge on any atom is 0.356 e. The third-order valence-electron chi connectivity index (χ3n) is 3.00. The highest BCUT2D eigenvalue weighted by Gasteiger charge is 2.28. The van der Waals surface area contributed by atoms with Crippen molar-refractivity contribution in [2.75, 3.05) is 6.54 Å². The number of carboxylic acid groups (broad SMARTS) is 1. The first-order valence-corrected chi connectivity index (χ1v) is 5.49. The summed E-state index contributed by atoms with van der Waals surface area (Å²) in [6.45, 7) is 2.25. The van der Waals surface area contributed by atoms with Crippen LogP contribution in [0.1, 0.15) is 28.7 Å². The van der Waals surface area contributed by atoms with Gasteiger partial charge in [-0.2, -0.15) is 10.4 Å². The normalized spacial score (nSPS) is 13.9. The van der Waals surface area contributed by atoms with E-state index in [0.717, 1.165) is 5.69 Å². The largest absolute Gasteiger partial charge is 0.476 e. The van der Waals surface area contributed by atoms with Gasteiger partial charge in [-0.3, -0.25) is 9.48 Å². The summed E-state index contributed by atoms with van der Waals surface area (Å²) in [5.41, 5.74) is 1.22. The first-order chi connectivity index (χ1) is 8.54. The van der Waals surface area contributed by atoms with Crippen molar-refractivity contribution in [3.63, 3.8) is 0 Å². The maximum absolute atomic E-state index is 11.3. The number of carbonyl (C=O) groups excluding carboxylic acids is 1. The van der Waals surface area contributed by atoms with Gasteiger partial charge >= 0.3 is 5.97 Å². The molecule has 0 atom stereocenters. The number of fused-ring (bicyclic) bond motifs is 1. The molecule has 7 nitrogen and oxygen atoms in total. The van der Waals surface area contributed by atoms with E-state index in [1.807, 2.05) is 6.07 Å². The summed E-state index contributed by atoms with van der Waals surface area (Å²) in [6, 6.07) is 1.95. The molecule has 1 aliphatic heterocycles. The van der Waals surface area contributed by atoms with Crippen LogP contribution in [0, 0.1) is 11.3 Å². The number of amides is 1. The van der Waals surface area contributed by atoms with E-state index in [1.165, 1.54) is 11.6 Å². The third kappa shape index (κ3) is 1.93. The van der Waals surface area contributed by atoms with Crippen molar-refractivity contribution in [3.8, 4) is 6.07 Å². The fourth-order valence-electron chi connectivity index (χ4n) is 2.13. The third-order valence-corrected chi connectivity index (χ3v) is 3.00. The van der Waals surface area contributed by atoms with E-state index < -0.39 is 5.97 Å². The molecule has 0 fully saturated rings. The number of hydrogen-bond donors (Lipinski definition) is 1. The van der Waals surface area contributed by atoms with Crippen LogP contribution in [0.4, 0.5) is 0 Å². The lowest BCUT2D eigenvalue weighted by Crippen LogP contribution is -2.35. The summed E-state index contributed by atoms with van der Waals surface area (Å²) in [6.07, 6.45) is 0.525. The van der Waals surface area contributed by atoms with E-state index in [4.69, 9.17) is 10.4 Å². The molecule has 1 N–H and O–H groups in total. The average Bonchev–Trinajstić information content (AvgIpc) is 2.68. The van der Waals surface area contributed by atoms with Gasteiger partial charge in [-0.15, -0.1) is 0 Å². The minimum atomic E-state index is -1.13. The minimum absolute atomic E-state index is 0.0235. The zero-order valence-corrected chi connectivity index (χ0v) is 9.88. The van der Waals surface area contributed by atoms with E-state index in [2.05, 4.69) is 5.10 Å². The van der Waals surface area contributed by atoms with Crippen LogP contribution in [-0.4, -0.2) is 38.2 Å². The molecule has 18 heavy (non-hydrogen) atoms. The molecular weight excluding hydrogens is 236 g/mol. The Kier molecular flexibility index (Phi) is 3.02. The lowest BCUT2D eigenvalue weighted by atomic mass is 10.1. The maximum atomic E-state index is 11.3. The Morgan fingerprint density at radius 3 is 2.83 bits per heavy atom. The fraction of sp³-hybridized carbons (Fsp3) is 0.455. The van der Waals surface area contributed by atoms with Crippen LogP contribution in [0.5, 0.6) is 0 Å². The van der Waals surface area contributed by atoms with Crippen molar-refractivity contribution in [3.05, 3.63) is 17.0 Å². The summed E-state index contributed by atoms with van der Waals surface area (Å²) in [5, 5.41) is 21.7. The van der Waals surface area contributed by atoms with E-state index in [-0.39, 0.29) is 24.7 Å². The number of nitriles is 1. The second-order valence-corrected chi connectivity index (χ2v) is 4.09. The van der Waals surface area contributed by atoms with Crippen LogP contribution in [-0.2, 0) is 24.3 Å². The second-order valence-electron chi connectivity index (χ2n) is 4.09. The molecule has 1 amide bonds. The Labute approximate surface area is 103 Å². The van der Waals surface area contributed by atoms with Crippen molar-refractivity contribution in [1.29, 1.82) is 5.26 Å². The van der Waals surface area contributed by atoms with Crippen molar-refractivity contribution in [2.24, 2.45) is 0 Å². The Hall–Kier alpha value is -2.36. The molecule has 7 heteroatoms. The van der Waals surface area contributed by atoms with Crippen LogP contribution in [0.25, 0.3) is 0 Å². The molecule has 2 heterocycles. The molecule has 1 aromatic rings. The minimum Gasteiger partial charge on any atom is -0.476 e. The summed E-state index contributed by atoms with van der Waals surface area (Å²) in [4.78, 5) is 24.0. The molecule has 0 saturated heterocycles. The number of carbonyl (C=O) groups is 2. The predicted molar refractivity (Wildman–Crippen MR) is 59.6 cm³/mol. The van der Waals surface area contributed by atoms with E-state index in [0.29, 0.717) is 18.5 Å². The van der Waals surface area contributed by atoms with Gasteiger partial charge < -0.3 is 10.0 Å². The summed E-state index contributed by atoms with van der Waals surface area (Å²) in [7, 11) is 0. The molecular formula is C11H12N4O3. The van der Waals surface area contributed by atoms with Crippen molar-refractivity contribution in [2.45, 2.75) is 26.4 Å². The van der Waals surface area contributed by atoms with Gasteiger partial charge in [-0.25, -0.2) is 4.79 Å². The monoisotopic (exact) mass is 248 g/mol. The van der Waals surface area contributed by atoms with Gasteiger partial charge in [0.15, 0.2) is 5.69 Å². The fourth-order valence-corrected chi connectivity index (χ4v) is 2.13. The molecule has 94 valence electrons. The lowest BCUT2D eigenvalue weighted by molar-refractivity contribution is -0.129. The molecule has 0 bridgehead atoms. The van der Waals surface area contributed by atoms with Crippen molar-refractivity contribution >= 4 is 11.9 Å². The smallest absolute Gasteiger partial charge is 0.356 e. The van der Waals surface area contributed by atoms with E-state index in [9.17, 15) is 9.59 Å². The highest BCUT2D eigenvalue weighted by molar-refractivity contribution is 5.87. The highest BCUT2D eigenvalue weighted by Crippen LogP contribution is 2.22. The van der Waals surface area contributed by atoms with E-state index >= 15 is 0 Å². The van der Waals surface area contributed by atoms with Gasteiger partial charge in [-0.05, 0) is 0 Å². The molecule has 2 rings (SSSR count). The Morgan fingerprint density at radius 1 is 1.56 bits per heavy atom. The topological polar surface area (TPSA) is 99.2 Å². The number of hydrogen-bond acceptors (Lipinski definition) is 4. The zero-order valence-electron chi connectivity index (χ0n) is 9.88. The number of rotatable bonds is 2. The van der Waals surface area contributed by atoms with Gasteiger partial charge in [0.1, 0.15) is 6.54 Å². The molecule has 0 saturated carbocycles. The van der Waals surface area contributed by atoms with Crippen LogP contribution in [0.2, 0.25) is 0 Å². The van der Waals surface area contributed by atoms with E-state index in [1.54, 1.807) is 4.90 Å². The molecule has 0 radical (unpaired) electrons. The molecule has 0 aromatic carbocycles. The van der Waals surface area contributed by atoms with Crippen molar-refractivity contribution < 1.29 is 14.7 Å². The lowest BCUT2D eigenvalue weighted by Gasteiger charge is -2.26. The van der Waals surface area contributed by atoms with Gasteiger partial charge in [0.25, 0.3) is 0 Å². The Bertz CT molecular complexity index is 555. The van der Waals surface area contributed by atoms with Crippen molar-refractivity contribution in [1.82, 2.24) is 14.7 Å². The number of carboxylic acids is 1. The number of aromatic carboxylic acids is 1.